The number of nitrogens with one attached hydrogen (secondary N) is 2. The summed E-state index contributed by atoms with van der Waals surface area (Å²) in [6.45, 7) is 0.596. The van der Waals surface area contributed by atoms with Gasteiger partial charge in [-0.3, -0.25) is 4.79 Å². The summed E-state index contributed by atoms with van der Waals surface area (Å²) in [6.07, 6.45) is 1.83. The Balaban J connectivity index is 2.05. The Bertz CT molecular complexity index is 582. The van der Waals surface area contributed by atoms with Crippen molar-refractivity contribution in [1.29, 1.82) is 0 Å². The van der Waals surface area contributed by atoms with Gasteiger partial charge in [-0.1, -0.05) is 11.2 Å². The summed E-state index contributed by atoms with van der Waals surface area (Å²) in [4.78, 5) is 17.4. The Morgan fingerprint density at radius 1 is 1.47 bits per heavy atom. The van der Waals surface area contributed by atoms with Crippen molar-refractivity contribution in [3.8, 4) is 0 Å². The zero-order chi connectivity index (χ0) is 12.1. The summed E-state index contributed by atoms with van der Waals surface area (Å²) < 4.78 is 0. The molecule has 0 aliphatic heterocycles. The van der Waals surface area contributed by atoms with E-state index in [0.717, 1.165) is 10.9 Å². The molecular formula is C11H11N5O. The Morgan fingerprint density at radius 3 is 3.18 bits per heavy atom. The molecular weight excluding hydrogens is 218 g/mol. The molecule has 17 heavy (non-hydrogen) atoms. The standard InChI is InChI=1S/C11H11N5O/c12-16-15-6-5-14-11(17)9-2-1-8-3-4-13-10(8)7-9/h1-4,7,13H,5-6H2,(H,14,17). The number of carbonyl (C=O) groups is 1. The number of H-pyrrole nitrogens is 1. The van der Waals surface area contributed by atoms with Crippen LogP contribution in [0.5, 0.6) is 0 Å². The number of hydrogen-bond acceptors (Lipinski definition) is 2. The summed E-state index contributed by atoms with van der Waals surface area (Å²) in [7, 11) is 0. The molecule has 0 spiro atoms. The van der Waals surface area contributed by atoms with Crippen molar-refractivity contribution in [2.45, 2.75) is 0 Å². The van der Waals surface area contributed by atoms with Gasteiger partial charge < -0.3 is 10.3 Å². The van der Waals surface area contributed by atoms with Gasteiger partial charge in [0.1, 0.15) is 0 Å². The normalized spacial score (nSPS) is 9.88. The maximum atomic E-state index is 11.7. The average Bonchev–Trinajstić information content (AvgIpc) is 2.81. The van der Waals surface area contributed by atoms with Gasteiger partial charge in [0, 0.05) is 35.3 Å². The lowest BCUT2D eigenvalue weighted by Gasteiger charge is -2.03. The zero-order valence-electron chi connectivity index (χ0n) is 9.05. The van der Waals surface area contributed by atoms with E-state index in [4.69, 9.17) is 5.53 Å². The van der Waals surface area contributed by atoms with Gasteiger partial charge in [-0.25, -0.2) is 0 Å². The van der Waals surface area contributed by atoms with Gasteiger partial charge in [-0.05, 0) is 29.1 Å². The Morgan fingerprint density at radius 2 is 2.35 bits per heavy atom. The van der Waals surface area contributed by atoms with Crippen molar-refractivity contribution in [2.24, 2.45) is 5.11 Å². The molecule has 6 heteroatoms. The lowest BCUT2D eigenvalue weighted by atomic mass is 10.1. The first-order chi connectivity index (χ1) is 8.31. The highest BCUT2D eigenvalue weighted by molar-refractivity contribution is 5.97. The predicted octanol–water partition coefficient (Wildman–Crippen LogP) is 2.21. The van der Waals surface area contributed by atoms with Crippen LogP contribution in [-0.2, 0) is 0 Å². The average molecular weight is 229 g/mol. The van der Waals surface area contributed by atoms with Crippen molar-refractivity contribution >= 4 is 16.8 Å². The quantitative estimate of drug-likeness (QED) is 0.357. The molecule has 1 heterocycles. The van der Waals surface area contributed by atoms with Crippen molar-refractivity contribution in [3.05, 3.63) is 46.5 Å². The van der Waals surface area contributed by atoms with Crippen LogP contribution < -0.4 is 5.32 Å². The van der Waals surface area contributed by atoms with Gasteiger partial charge >= 0.3 is 0 Å². The largest absolute Gasteiger partial charge is 0.361 e. The highest BCUT2D eigenvalue weighted by Gasteiger charge is 2.05. The molecule has 1 amide bonds. The maximum Gasteiger partial charge on any atom is 0.251 e. The second-order valence-corrected chi connectivity index (χ2v) is 3.49. The summed E-state index contributed by atoms with van der Waals surface area (Å²) >= 11 is 0. The topological polar surface area (TPSA) is 93.7 Å². The molecule has 86 valence electrons. The third-order valence-electron chi connectivity index (χ3n) is 2.38. The molecule has 2 N–H and O–H groups in total. The number of hydrogen-bond donors (Lipinski definition) is 2. The van der Waals surface area contributed by atoms with Gasteiger partial charge in [-0.15, -0.1) is 0 Å². The smallest absolute Gasteiger partial charge is 0.251 e. The van der Waals surface area contributed by atoms with Crippen LogP contribution in [0.15, 0.2) is 35.6 Å². The van der Waals surface area contributed by atoms with Crippen LogP contribution in [0.25, 0.3) is 21.3 Å². The number of azide groups is 1. The lowest BCUT2D eigenvalue weighted by Crippen LogP contribution is -2.25. The fourth-order valence-corrected chi connectivity index (χ4v) is 1.56. The molecule has 0 bridgehead atoms. The maximum absolute atomic E-state index is 11.7. The summed E-state index contributed by atoms with van der Waals surface area (Å²) in [5, 5.41) is 7.08. The monoisotopic (exact) mass is 229 g/mol. The molecule has 0 aliphatic carbocycles. The van der Waals surface area contributed by atoms with Gasteiger partial charge in [0.15, 0.2) is 0 Å². The van der Waals surface area contributed by atoms with Crippen LogP contribution in [0.4, 0.5) is 0 Å². The number of rotatable bonds is 4. The number of fused-ring (bicyclic) bond motifs is 1. The molecule has 0 saturated carbocycles. The highest BCUT2D eigenvalue weighted by Crippen LogP contribution is 2.13. The second-order valence-electron chi connectivity index (χ2n) is 3.49. The molecule has 2 aromatic rings. The number of carbonyl (C=O) groups excluding carboxylic acids is 1. The number of aromatic amines is 1. The number of nitrogens with zero attached hydrogens (tertiary/aromatic N) is 3. The van der Waals surface area contributed by atoms with Crippen LogP contribution in [0.3, 0.4) is 0 Å². The SMILES string of the molecule is [N-]=[N+]=NCCNC(=O)c1ccc2cc[nH]c2c1. The molecule has 0 saturated heterocycles. The minimum Gasteiger partial charge on any atom is -0.361 e. The van der Waals surface area contributed by atoms with Crippen LogP contribution in [0.1, 0.15) is 10.4 Å². The zero-order valence-corrected chi connectivity index (χ0v) is 9.05. The van der Waals surface area contributed by atoms with E-state index in [1.54, 1.807) is 12.1 Å². The summed E-state index contributed by atoms with van der Waals surface area (Å²) in [5.41, 5.74) is 9.59. The van der Waals surface area contributed by atoms with E-state index in [-0.39, 0.29) is 12.5 Å². The third-order valence-corrected chi connectivity index (χ3v) is 2.38. The van der Waals surface area contributed by atoms with E-state index in [1.807, 2.05) is 18.3 Å². The van der Waals surface area contributed by atoms with E-state index >= 15 is 0 Å². The van der Waals surface area contributed by atoms with Crippen molar-refractivity contribution < 1.29 is 4.79 Å². The van der Waals surface area contributed by atoms with Crippen LogP contribution in [-0.4, -0.2) is 24.0 Å². The van der Waals surface area contributed by atoms with E-state index < -0.39 is 0 Å². The molecule has 0 radical (unpaired) electrons. The lowest BCUT2D eigenvalue weighted by molar-refractivity contribution is 0.0955. The molecule has 1 aromatic carbocycles. The first-order valence-electron chi connectivity index (χ1n) is 5.17. The van der Waals surface area contributed by atoms with Gasteiger partial charge in [-0.2, -0.15) is 0 Å². The van der Waals surface area contributed by atoms with Gasteiger partial charge in [0.05, 0.1) is 0 Å². The van der Waals surface area contributed by atoms with Crippen molar-refractivity contribution in [3.63, 3.8) is 0 Å². The van der Waals surface area contributed by atoms with Crippen LogP contribution >= 0.6 is 0 Å². The minimum absolute atomic E-state index is 0.172. The summed E-state index contributed by atoms with van der Waals surface area (Å²) in [5.74, 6) is -0.172. The molecule has 0 fully saturated rings. The number of amides is 1. The van der Waals surface area contributed by atoms with E-state index in [9.17, 15) is 4.79 Å². The Labute approximate surface area is 97.3 Å². The molecule has 6 nitrogen and oxygen atoms in total. The summed E-state index contributed by atoms with van der Waals surface area (Å²) in [6, 6.07) is 7.38. The molecule has 0 aliphatic rings. The van der Waals surface area contributed by atoms with Crippen LogP contribution in [0.2, 0.25) is 0 Å². The molecule has 1 aromatic heterocycles. The fourth-order valence-electron chi connectivity index (χ4n) is 1.56. The predicted molar refractivity (Wildman–Crippen MR) is 64.6 cm³/mol. The van der Waals surface area contributed by atoms with Crippen molar-refractivity contribution in [1.82, 2.24) is 10.3 Å². The third kappa shape index (κ3) is 2.56. The highest BCUT2D eigenvalue weighted by atomic mass is 16.1. The Kier molecular flexibility index (Phi) is 3.28. The van der Waals surface area contributed by atoms with Crippen LogP contribution in [0, 0.1) is 0 Å². The van der Waals surface area contributed by atoms with E-state index in [0.29, 0.717) is 12.1 Å². The van der Waals surface area contributed by atoms with E-state index in [1.165, 1.54) is 0 Å². The second kappa shape index (κ2) is 5.05. The molecule has 0 unspecified atom stereocenters. The molecule has 2 rings (SSSR count). The first-order valence-corrected chi connectivity index (χ1v) is 5.17. The van der Waals surface area contributed by atoms with E-state index in [2.05, 4.69) is 20.3 Å². The number of aromatic nitrogens is 1. The minimum atomic E-state index is -0.172. The fraction of sp³-hybridized carbons (Fsp3) is 0.182. The first kappa shape index (κ1) is 11.0. The van der Waals surface area contributed by atoms with Gasteiger partial charge in [0.2, 0.25) is 0 Å². The van der Waals surface area contributed by atoms with Crippen molar-refractivity contribution in [2.75, 3.05) is 13.1 Å². The van der Waals surface area contributed by atoms with Gasteiger partial charge in [0.25, 0.3) is 5.91 Å². The molecule has 0 atom stereocenters. The number of benzene rings is 1. The Hall–Kier alpha value is -2.46.